The third kappa shape index (κ3) is 3.63. The average molecular weight is 318 g/mol. The fraction of sp³-hybridized carbons (Fsp3) is 0.333. The molecule has 21 heavy (non-hydrogen) atoms. The van der Waals surface area contributed by atoms with Crippen LogP contribution in [-0.4, -0.2) is 6.04 Å². The minimum absolute atomic E-state index is 0.163. The minimum atomic E-state index is 0.163. The largest absolute Gasteiger partial charge is 0.328 e. The monoisotopic (exact) mass is 317 g/mol. The van der Waals surface area contributed by atoms with Gasteiger partial charge in [-0.3, -0.25) is 0 Å². The summed E-state index contributed by atoms with van der Waals surface area (Å²) in [7, 11) is 0. The van der Waals surface area contributed by atoms with Gasteiger partial charge in [-0.05, 0) is 73.6 Å². The van der Waals surface area contributed by atoms with E-state index in [0.717, 1.165) is 16.3 Å². The van der Waals surface area contributed by atoms with Crippen LogP contribution < -0.4 is 5.73 Å². The van der Waals surface area contributed by atoms with Gasteiger partial charge in [0.05, 0.1) is 5.02 Å². The Hall–Kier alpha value is -0.960. The summed E-state index contributed by atoms with van der Waals surface area (Å²) in [6, 6.07) is 13.2. The fourth-order valence-corrected chi connectivity index (χ4v) is 4.07. The van der Waals surface area contributed by atoms with Crippen LogP contribution in [0.5, 0.6) is 0 Å². The number of fused-ring (bicyclic) bond motifs is 1. The number of rotatable bonds is 4. The molecule has 0 heterocycles. The summed E-state index contributed by atoms with van der Waals surface area (Å²) in [5.74, 6) is 0. The topological polar surface area (TPSA) is 26.0 Å². The number of aryl methyl sites for hydroxylation is 2. The summed E-state index contributed by atoms with van der Waals surface area (Å²) in [5.41, 5.74) is 10.1. The Balaban J connectivity index is 1.78. The zero-order chi connectivity index (χ0) is 14.8. The van der Waals surface area contributed by atoms with Crippen molar-refractivity contribution < 1.29 is 0 Å². The maximum atomic E-state index is 6.42. The van der Waals surface area contributed by atoms with E-state index in [9.17, 15) is 0 Å². The molecule has 1 nitrogen and oxygen atoms in total. The third-order valence-electron chi connectivity index (χ3n) is 3.85. The molecule has 1 aliphatic rings. The van der Waals surface area contributed by atoms with Gasteiger partial charge in [-0.15, -0.1) is 0 Å². The normalized spacial score (nSPS) is 15.0. The molecule has 3 rings (SSSR count). The summed E-state index contributed by atoms with van der Waals surface area (Å²) in [6.07, 6.45) is 4.59. The highest BCUT2D eigenvalue weighted by Crippen LogP contribution is 2.36. The number of hydrogen-bond acceptors (Lipinski definition) is 2. The predicted octanol–water partition coefficient (Wildman–Crippen LogP) is 4.87. The van der Waals surface area contributed by atoms with Crippen LogP contribution in [0.4, 0.5) is 0 Å². The molecule has 0 fully saturated rings. The molecule has 1 unspecified atom stereocenters. The maximum absolute atomic E-state index is 6.42. The van der Waals surface area contributed by atoms with E-state index in [1.807, 2.05) is 13.0 Å². The first kappa shape index (κ1) is 15.0. The maximum Gasteiger partial charge on any atom is 0.0548 e. The zero-order valence-corrected chi connectivity index (χ0v) is 13.8. The molecular formula is C18H20ClNS. The molecule has 2 aromatic carbocycles. The Morgan fingerprint density at radius 1 is 1.14 bits per heavy atom. The van der Waals surface area contributed by atoms with Gasteiger partial charge in [-0.2, -0.15) is 0 Å². The van der Waals surface area contributed by atoms with Gasteiger partial charge < -0.3 is 5.73 Å². The molecule has 0 aromatic heterocycles. The Bertz CT molecular complexity index is 652. The van der Waals surface area contributed by atoms with Crippen molar-refractivity contribution in [1.82, 2.24) is 0 Å². The van der Waals surface area contributed by atoms with Gasteiger partial charge in [0.2, 0.25) is 0 Å². The first-order chi connectivity index (χ1) is 10.1. The van der Waals surface area contributed by atoms with Crippen LogP contribution >= 0.6 is 23.4 Å². The molecule has 0 saturated carbocycles. The van der Waals surface area contributed by atoms with Crippen LogP contribution in [0.25, 0.3) is 0 Å². The van der Waals surface area contributed by atoms with Crippen molar-refractivity contribution in [2.75, 3.05) is 0 Å². The lowest BCUT2D eigenvalue weighted by atomic mass is 10.1. The predicted molar refractivity (Wildman–Crippen MR) is 91.4 cm³/mol. The number of benzene rings is 2. The number of nitrogens with two attached hydrogens (primary N) is 1. The van der Waals surface area contributed by atoms with Crippen molar-refractivity contribution in [2.24, 2.45) is 5.73 Å². The second kappa shape index (κ2) is 6.43. The number of halogens is 1. The third-order valence-corrected chi connectivity index (χ3v) is 5.34. The molecule has 0 radical (unpaired) electrons. The molecule has 3 heteroatoms. The Kier molecular flexibility index (Phi) is 4.58. The number of hydrogen-bond donors (Lipinski definition) is 1. The van der Waals surface area contributed by atoms with E-state index in [2.05, 4.69) is 30.3 Å². The van der Waals surface area contributed by atoms with Gasteiger partial charge in [0.25, 0.3) is 0 Å². The quantitative estimate of drug-likeness (QED) is 0.870. The lowest BCUT2D eigenvalue weighted by Gasteiger charge is -2.10. The van der Waals surface area contributed by atoms with E-state index in [-0.39, 0.29) is 6.04 Å². The van der Waals surface area contributed by atoms with Gasteiger partial charge in [0.1, 0.15) is 0 Å². The highest BCUT2D eigenvalue weighted by molar-refractivity contribution is 7.99. The standard InChI is InChI=1S/C18H20ClNS/c1-12(20)9-13-5-8-18(17(19)10-13)21-16-7-6-14-3-2-4-15(14)11-16/h5-8,10-12H,2-4,9,20H2,1H3. The smallest absolute Gasteiger partial charge is 0.0548 e. The first-order valence-electron chi connectivity index (χ1n) is 7.45. The van der Waals surface area contributed by atoms with Crippen LogP contribution in [0.3, 0.4) is 0 Å². The van der Waals surface area contributed by atoms with Crippen LogP contribution in [0.15, 0.2) is 46.2 Å². The van der Waals surface area contributed by atoms with Crippen molar-refractivity contribution >= 4 is 23.4 Å². The van der Waals surface area contributed by atoms with Crippen molar-refractivity contribution in [3.63, 3.8) is 0 Å². The zero-order valence-electron chi connectivity index (χ0n) is 12.2. The lowest BCUT2D eigenvalue weighted by molar-refractivity contribution is 0.738. The lowest BCUT2D eigenvalue weighted by Crippen LogP contribution is -2.17. The summed E-state index contributed by atoms with van der Waals surface area (Å²) in [4.78, 5) is 2.39. The van der Waals surface area contributed by atoms with Gasteiger partial charge >= 0.3 is 0 Å². The van der Waals surface area contributed by atoms with Gasteiger partial charge in [-0.25, -0.2) is 0 Å². The Morgan fingerprint density at radius 2 is 1.95 bits per heavy atom. The van der Waals surface area contributed by atoms with Crippen molar-refractivity contribution in [3.8, 4) is 0 Å². The minimum Gasteiger partial charge on any atom is -0.328 e. The summed E-state index contributed by atoms with van der Waals surface area (Å²) in [6.45, 7) is 2.01. The summed E-state index contributed by atoms with van der Waals surface area (Å²) < 4.78 is 0. The second-order valence-corrected chi connectivity index (χ2v) is 7.35. The van der Waals surface area contributed by atoms with E-state index in [1.165, 1.54) is 40.8 Å². The van der Waals surface area contributed by atoms with Crippen LogP contribution in [0, 0.1) is 0 Å². The SMILES string of the molecule is CC(N)Cc1ccc(Sc2ccc3c(c2)CCC3)c(Cl)c1. The van der Waals surface area contributed by atoms with Gasteiger partial charge in [0.15, 0.2) is 0 Å². The summed E-state index contributed by atoms with van der Waals surface area (Å²) in [5, 5.41) is 0.818. The van der Waals surface area contributed by atoms with E-state index < -0.39 is 0 Å². The van der Waals surface area contributed by atoms with Crippen molar-refractivity contribution in [1.29, 1.82) is 0 Å². The molecule has 0 amide bonds. The van der Waals surface area contributed by atoms with Crippen molar-refractivity contribution in [3.05, 3.63) is 58.1 Å². The van der Waals surface area contributed by atoms with Crippen LogP contribution in [0.1, 0.15) is 30.0 Å². The highest BCUT2D eigenvalue weighted by Gasteiger charge is 2.12. The molecule has 110 valence electrons. The molecule has 1 atom stereocenters. The average Bonchev–Trinajstić information content (AvgIpc) is 2.88. The molecule has 2 aromatic rings. The molecule has 0 spiro atoms. The summed E-state index contributed by atoms with van der Waals surface area (Å²) >= 11 is 8.16. The molecule has 1 aliphatic carbocycles. The van der Waals surface area contributed by atoms with E-state index in [0.29, 0.717) is 0 Å². The van der Waals surface area contributed by atoms with E-state index >= 15 is 0 Å². The second-order valence-electron chi connectivity index (χ2n) is 5.83. The van der Waals surface area contributed by atoms with E-state index in [1.54, 1.807) is 11.8 Å². The highest BCUT2D eigenvalue weighted by atomic mass is 35.5. The Labute approximate surface area is 135 Å². The molecule has 0 aliphatic heterocycles. The van der Waals surface area contributed by atoms with Crippen LogP contribution in [-0.2, 0) is 19.3 Å². The fourth-order valence-electron chi connectivity index (χ4n) is 2.86. The molecular weight excluding hydrogens is 298 g/mol. The molecule has 0 bridgehead atoms. The Morgan fingerprint density at radius 3 is 2.71 bits per heavy atom. The van der Waals surface area contributed by atoms with Gasteiger partial charge in [0, 0.05) is 15.8 Å². The van der Waals surface area contributed by atoms with E-state index in [4.69, 9.17) is 17.3 Å². The van der Waals surface area contributed by atoms with Crippen molar-refractivity contribution in [2.45, 2.75) is 48.4 Å². The van der Waals surface area contributed by atoms with Crippen LogP contribution in [0.2, 0.25) is 5.02 Å². The van der Waals surface area contributed by atoms with Gasteiger partial charge in [-0.1, -0.05) is 35.5 Å². The first-order valence-corrected chi connectivity index (χ1v) is 8.65. The molecule has 2 N–H and O–H groups in total. The molecule has 0 saturated heterocycles.